The van der Waals surface area contributed by atoms with E-state index in [0.717, 1.165) is 17.9 Å². The summed E-state index contributed by atoms with van der Waals surface area (Å²) in [4.78, 5) is 11.3. The van der Waals surface area contributed by atoms with Gasteiger partial charge in [-0.1, -0.05) is 6.92 Å². The number of anilines is 1. The Morgan fingerprint density at radius 2 is 2.41 bits per heavy atom. The van der Waals surface area contributed by atoms with Crippen LogP contribution in [0.25, 0.3) is 0 Å². The SMILES string of the molecule is CCC(Nc1cnccc1C#N)c1ncc[nH]1. The number of pyridine rings is 1. The van der Waals surface area contributed by atoms with E-state index in [1.807, 2.05) is 0 Å². The molecule has 86 valence electrons. The van der Waals surface area contributed by atoms with Crippen molar-refractivity contribution in [3.05, 3.63) is 42.2 Å². The number of hydrogen-bond acceptors (Lipinski definition) is 4. The van der Waals surface area contributed by atoms with Crippen LogP contribution < -0.4 is 5.32 Å². The lowest BCUT2D eigenvalue weighted by atomic mass is 10.1. The zero-order valence-corrected chi connectivity index (χ0v) is 9.51. The highest BCUT2D eigenvalue weighted by molar-refractivity contribution is 5.56. The van der Waals surface area contributed by atoms with Crippen molar-refractivity contribution >= 4 is 5.69 Å². The van der Waals surface area contributed by atoms with Gasteiger partial charge >= 0.3 is 0 Å². The summed E-state index contributed by atoms with van der Waals surface area (Å²) in [7, 11) is 0. The number of hydrogen-bond donors (Lipinski definition) is 2. The highest BCUT2D eigenvalue weighted by Gasteiger charge is 2.13. The van der Waals surface area contributed by atoms with Crippen molar-refractivity contribution in [2.75, 3.05) is 5.32 Å². The minimum atomic E-state index is 0.0568. The summed E-state index contributed by atoms with van der Waals surface area (Å²) in [6.45, 7) is 2.06. The van der Waals surface area contributed by atoms with Crippen LogP contribution in [0, 0.1) is 11.3 Å². The lowest BCUT2D eigenvalue weighted by molar-refractivity contribution is 0.703. The average molecular weight is 227 g/mol. The molecule has 2 N–H and O–H groups in total. The van der Waals surface area contributed by atoms with E-state index in [-0.39, 0.29) is 6.04 Å². The standard InChI is InChI=1S/C12H13N5/c1-2-10(12-15-5-6-16-12)17-11-8-14-4-3-9(11)7-13/h3-6,8,10,17H,2H2,1H3,(H,15,16). The molecular formula is C12H13N5. The van der Waals surface area contributed by atoms with Gasteiger partial charge in [0.05, 0.1) is 23.5 Å². The number of nitrogens with one attached hydrogen (secondary N) is 2. The first-order valence-corrected chi connectivity index (χ1v) is 5.45. The van der Waals surface area contributed by atoms with Crippen LogP contribution >= 0.6 is 0 Å². The Bertz CT molecular complexity index is 512. The van der Waals surface area contributed by atoms with E-state index in [1.165, 1.54) is 0 Å². The number of nitrogens with zero attached hydrogens (tertiary/aromatic N) is 3. The van der Waals surface area contributed by atoms with Gasteiger partial charge in [0.15, 0.2) is 0 Å². The number of rotatable bonds is 4. The first kappa shape index (κ1) is 11.1. The monoisotopic (exact) mass is 227 g/mol. The fraction of sp³-hybridized carbons (Fsp3) is 0.250. The summed E-state index contributed by atoms with van der Waals surface area (Å²) >= 11 is 0. The van der Waals surface area contributed by atoms with Crippen molar-refractivity contribution in [1.29, 1.82) is 5.26 Å². The summed E-state index contributed by atoms with van der Waals surface area (Å²) in [6.07, 6.45) is 7.64. The van der Waals surface area contributed by atoms with Gasteiger partial charge in [-0.2, -0.15) is 5.26 Å². The van der Waals surface area contributed by atoms with Crippen molar-refractivity contribution < 1.29 is 0 Å². The zero-order chi connectivity index (χ0) is 12.1. The molecule has 0 bridgehead atoms. The largest absolute Gasteiger partial charge is 0.373 e. The molecule has 5 nitrogen and oxygen atoms in total. The highest BCUT2D eigenvalue weighted by Crippen LogP contribution is 2.21. The molecule has 1 atom stereocenters. The molecule has 0 aromatic carbocycles. The maximum Gasteiger partial charge on any atom is 0.128 e. The van der Waals surface area contributed by atoms with Crippen molar-refractivity contribution in [2.24, 2.45) is 0 Å². The van der Waals surface area contributed by atoms with Gasteiger partial charge in [-0.05, 0) is 12.5 Å². The van der Waals surface area contributed by atoms with E-state index in [1.54, 1.807) is 30.9 Å². The van der Waals surface area contributed by atoms with E-state index >= 15 is 0 Å². The van der Waals surface area contributed by atoms with Crippen LogP contribution in [0.4, 0.5) is 5.69 Å². The number of H-pyrrole nitrogens is 1. The molecule has 1 unspecified atom stereocenters. The number of imidazole rings is 1. The van der Waals surface area contributed by atoms with Crippen molar-refractivity contribution in [3.63, 3.8) is 0 Å². The van der Waals surface area contributed by atoms with E-state index in [2.05, 4.69) is 33.3 Å². The summed E-state index contributed by atoms with van der Waals surface area (Å²) in [5.41, 5.74) is 1.32. The lowest BCUT2D eigenvalue weighted by Gasteiger charge is -2.16. The van der Waals surface area contributed by atoms with Crippen LogP contribution in [0.2, 0.25) is 0 Å². The fourth-order valence-corrected chi connectivity index (χ4v) is 1.63. The van der Waals surface area contributed by atoms with Crippen LogP contribution in [0.5, 0.6) is 0 Å². The third-order valence-electron chi connectivity index (χ3n) is 2.53. The van der Waals surface area contributed by atoms with Crippen LogP contribution in [-0.2, 0) is 0 Å². The van der Waals surface area contributed by atoms with Gasteiger partial charge in [0.1, 0.15) is 11.9 Å². The van der Waals surface area contributed by atoms with E-state index < -0.39 is 0 Å². The van der Waals surface area contributed by atoms with Crippen LogP contribution in [0.3, 0.4) is 0 Å². The van der Waals surface area contributed by atoms with E-state index in [4.69, 9.17) is 5.26 Å². The van der Waals surface area contributed by atoms with Crippen molar-refractivity contribution in [2.45, 2.75) is 19.4 Å². The first-order chi connectivity index (χ1) is 8.35. The molecule has 5 heteroatoms. The Hall–Kier alpha value is -2.35. The summed E-state index contributed by atoms with van der Waals surface area (Å²) in [5, 5.41) is 12.3. The molecule has 0 aliphatic heterocycles. The third-order valence-corrected chi connectivity index (χ3v) is 2.53. The predicted octanol–water partition coefficient (Wildman–Crippen LogP) is 2.24. The molecular weight excluding hydrogens is 214 g/mol. The van der Waals surface area contributed by atoms with Crippen molar-refractivity contribution in [1.82, 2.24) is 15.0 Å². The first-order valence-electron chi connectivity index (χ1n) is 5.45. The molecule has 0 saturated heterocycles. The molecule has 2 heterocycles. The Labute approximate surface area is 99.5 Å². The van der Waals surface area contributed by atoms with Gasteiger partial charge in [0.25, 0.3) is 0 Å². The Morgan fingerprint density at radius 1 is 1.53 bits per heavy atom. The second-order valence-corrected chi connectivity index (χ2v) is 3.61. The van der Waals surface area contributed by atoms with Gasteiger partial charge < -0.3 is 10.3 Å². The van der Waals surface area contributed by atoms with E-state index in [9.17, 15) is 0 Å². The molecule has 2 rings (SSSR count). The molecule has 0 radical (unpaired) electrons. The number of nitriles is 1. The lowest BCUT2D eigenvalue weighted by Crippen LogP contribution is -2.12. The molecule has 0 fully saturated rings. The summed E-state index contributed by atoms with van der Waals surface area (Å²) < 4.78 is 0. The molecule has 0 aliphatic rings. The van der Waals surface area contributed by atoms with Crippen LogP contribution in [0.15, 0.2) is 30.9 Å². The molecule has 17 heavy (non-hydrogen) atoms. The quantitative estimate of drug-likeness (QED) is 0.839. The van der Waals surface area contributed by atoms with E-state index in [0.29, 0.717) is 5.56 Å². The highest BCUT2D eigenvalue weighted by atomic mass is 15.0. The van der Waals surface area contributed by atoms with Gasteiger partial charge in [-0.3, -0.25) is 4.98 Å². The number of aromatic amines is 1. The third kappa shape index (κ3) is 2.42. The Kier molecular flexibility index (Phi) is 3.36. The van der Waals surface area contributed by atoms with Gasteiger partial charge in [-0.25, -0.2) is 4.98 Å². The molecule has 2 aromatic rings. The molecule has 2 aromatic heterocycles. The fourth-order valence-electron chi connectivity index (χ4n) is 1.63. The predicted molar refractivity (Wildman–Crippen MR) is 64.2 cm³/mol. The van der Waals surface area contributed by atoms with Crippen LogP contribution in [-0.4, -0.2) is 15.0 Å². The van der Waals surface area contributed by atoms with Gasteiger partial charge in [-0.15, -0.1) is 0 Å². The maximum absolute atomic E-state index is 8.99. The van der Waals surface area contributed by atoms with Crippen LogP contribution in [0.1, 0.15) is 30.8 Å². The normalized spacial score (nSPS) is 11.8. The smallest absolute Gasteiger partial charge is 0.128 e. The second kappa shape index (κ2) is 5.12. The molecule has 0 amide bonds. The minimum absolute atomic E-state index is 0.0568. The molecule has 0 spiro atoms. The summed E-state index contributed by atoms with van der Waals surface area (Å²) in [5.74, 6) is 0.861. The minimum Gasteiger partial charge on any atom is -0.373 e. The Morgan fingerprint density at radius 3 is 3.06 bits per heavy atom. The maximum atomic E-state index is 8.99. The average Bonchev–Trinajstić information content (AvgIpc) is 2.90. The molecule has 0 aliphatic carbocycles. The van der Waals surface area contributed by atoms with Crippen molar-refractivity contribution in [3.8, 4) is 6.07 Å². The van der Waals surface area contributed by atoms with Gasteiger partial charge in [0, 0.05) is 18.6 Å². The second-order valence-electron chi connectivity index (χ2n) is 3.61. The van der Waals surface area contributed by atoms with Gasteiger partial charge in [0.2, 0.25) is 0 Å². The molecule has 0 saturated carbocycles. The zero-order valence-electron chi connectivity index (χ0n) is 9.51. The number of aromatic nitrogens is 3. The Balaban J connectivity index is 2.22. The topological polar surface area (TPSA) is 77.4 Å². The summed E-state index contributed by atoms with van der Waals surface area (Å²) in [6, 6.07) is 3.89.